The van der Waals surface area contributed by atoms with Gasteiger partial charge in [-0.25, -0.2) is 4.98 Å². The van der Waals surface area contributed by atoms with E-state index in [2.05, 4.69) is 45.7 Å². The molecule has 0 saturated carbocycles. The van der Waals surface area contributed by atoms with Crippen LogP contribution in [-0.4, -0.2) is 31.3 Å². The van der Waals surface area contributed by atoms with Gasteiger partial charge in [0.2, 0.25) is 0 Å². The SMILES string of the molecule is CCC(C)N(CCOC)c1ncccc1CBr. The zero-order valence-corrected chi connectivity index (χ0v) is 12.4. The molecule has 0 radical (unpaired) electrons. The summed E-state index contributed by atoms with van der Waals surface area (Å²) in [5.41, 5.74) is 1.23. The van der Waals surface area contributed by atoms with Gasteiger partial charge < -0.3 is 9.64 Å². The monoisotopic (exact) mass is 300 g/mol. The van der Waals surface area contributed by atoms with Gasteiger partial charge in [-0.1, -0.05) is 28.9 Å². The van der Waals surface area contributed by atoms with Crippen LogP contribution in [0.15, 0.2) is 18.3 Å². The molecule has 1 unspecified atom stereocenters. The van der Waals surface area contributed by atoms with Crippen LogP contribution in [0.2, 0.25) is 0 Å². The number of hydrogen-bond donors (Lipinski definition) is 0. The molecule has 0 aliphatic carbocycles. The topological polar surface area (TPSA) is 25.4 Å². The minimum Gasteiger partial charge on any atom is -0.383 e. The number of rotatable bonds is 7. The molecule has 0 aromatic carbocycles. The Hall–Kier alpha value is -0.610. The van der Waals surface area contributed by atoms with E-state index < -0.39 is 0 Å². The number of hydrogen-bond acceptors (Lipinski definition) is 3. The van der Waals surface area contributed by atoms with Crippen LogP contribution in [-0.2, 0) is 10.1 Å². The number of pyridine rings is 1. The summed E-state index contributed by atoms with van der Waals surface area (Å²) < 4.78 is 5.18. The Kier molecular flexibility index (Phi) is 6.52. The lowest BCUT2D eigenvalue weighted by Crippen LogP contribution is -2.36. The molecule has 1 rings (SSSR count). The van der Waals surface area contributed by atoms with Gasteiger partial charge in [-0.2, -0.15) is 0 Å². The standard InChI is InChI=1S/C13H21BrN2O/c1-4-11(2)16(8-9-17-3)13-12(10-14)6-5-7-15-13/h5-7,11H,4,8-10H2,1-3H3. The van der Waals surface area contributed by atoms with Crippen molar-refractivity contribution in [2.45, 2.75) is 31.6 Å². The van der Waals surface area contributed by atoms with Crippen molar-refractivity contribution in [2.24, 2.45) is 0 Å². The fraction of sp³-hybridized carbons (Fsp3) is 0.615. The van der Waals surface area contributed by atoms with Crippen LogP contribution in [0.25, 0.3) is 0 Å². The molecule has 1 aromatic rings. The van der Waals surface area contributed by atoms with E-state index in [4.69, 9.17) is 4.74 Å². The van der Waals surface area contributed by atoms with Crippen molar-refractivity contribution in [3.8, 4) is 0 Å². The summed E-state index contributed by atoms with van der Waals surface area (Å²) in [4.78, 5) is 6.83. The third-order valence-corrected chi connectivity index (χ3v) is 3.55. The highest BCUT2D eigenvalue weighted by molar-refractivity contribution is 9.08. The van der Waals surface area contributed by atoms with Crippen LogP contribution in [0.5, 0.6) is 0 Å². The first-order valence-electron chi connectivity index (χ1n) is 6.00. The predicted molar refractivity (Wildman–Crippen MR) is 75.8 cm³/mol. The van der Waals surface area contributed by atoms with E-state index in [1.165, 1.54) is 5.56 Å². The van der Waals surface area contributed by atoms with Crippen molar-refractivity contribution in [3.05, 3.63) is 23.9 Å². The number of aromatic nitrogens is 1. The molecule has 0 saturated heterocycles. The largest absolute Gasteiger partial charge is 0.383 e. The minimum absolute atomic E-state index is 0.470. The van der Waals surface area contributed by atoms with Gasteiger partial charge in [0.25, 0.3) is 0 Å². The van der Waals surface area contributed by atoms with Crippen LogP contribution >= 0.6 is 15.9 Å². The van der Waals surface area contributed by atoms with Crippen molar-refractivity contribution in [2.75, 3.05) is 25.2 Å². The zero-order chi connectivity index (χ0) is 12.7. The van der Waals surface area contributed by atoms with E-state index in [9.17, 15) is 0 Å². The average molecular weight is 301 g/mol. The maximum atomic E-state index is 5.18. The zero-order valence-electron chi connectivity index (χ0n) is 10.8. The quantitative estimate of drug-likeness (QED) is 0.723. The summed E-state index contributed by atoms with van der Waals surface area (Å²) in [5, 5.41) is 0.829. The average Bonchev–Trinajstić information content (AvgIpc) is 2.39. The fourth-order valence-electron chi connectivity index (χ4n) is 1.74. The Morgan fingerprint density at radius 2 is 2.29 bits per heavy atom. The van der Waals surface area contributed by atoms with Crippen molar-refractivity contribution >= 4 is 21.7 Å². The minimum atomic E-state index is 0.470. The first-order chi connectivity index (χ1) is 8.24. The summed E-state index contributed by atoms with van der Waals surface area (Å²) in [6, 6.07) is 4.56. The molecule has 17 heavy (non-hydrogen) atoms. The van der Waals surface area contributed by atoms with Crippen LogP contribution in [0.3, 0.4) is 0 Å². The van der Waals surface area contributed by atoms with Gasteiger partial charge in [-0.15, -0.1) is 0 Å². The number of halogens is 1. The third-order valence-electron chi connectivity index (χ3n) is 2.94. The van der Waals surface area contributed by atoms with Gasteiger partial charge in [-0.3, -0.25) is 0 Å². The first-order valence-corrected chi connectivity index (χ1v) is 7.12. The molecule has 1 atom stereocenters. The predicted octanol–water partition coefficient (Wildman–Crippen LogP) is 3.23. The molecule has 96 valence electrons. The molecular weight excluding hydrogens is 280 g/mol. The number of anilines is 1. The van der Waals surface area contributed by atoms with Crippen LogP contribution in [0.4, 0.5) is 5.82 Å². The van der Waals surface area contributed by atoms with E-state index in [0.29, 0.717) is 6.04 Å². The van der Waals surface area contributed by atoms with Crippen LogP contribution in [0, 0.1) is 0 Å². The van der Waals surface area contributed by atoms with E-state index in [-0.39, 0.29) is 0 Å². The Morgan fingerprint density at radius 3 is 2.88 bits per heavy atom. The van der Waals surface area contributed by atoms with Gasteiger partial charge in [0.1, 0.15) is 5.82 Å². The molecule has 0 bridgehead atoms. The normalized spacial score (nSPS) is 12.5. The molecule has 3 nitrogen and oxygen atoms in total. The number of nitrogens with zero attached hydrogens (tertiary/aromatic N) is 2. The lowest BCUT2D eigenvalue weighted by Gasteiger charge is -2.30. The summed E-state index contributed by atoms with van der Waals surface area (Å²) in [7, 11) is 1.73. The van der Waals surface area contributed by atoms with Crippen LogP contribution in [0.1, 0.15) is 25.8 Å². The Morgan fingerprint density at radius 1 is 1.53 bits per heavy atom. The van der Waals surface area contributed by atoms with Gasteiger partial charge in [0, 0.05) is 36.8 Å². The maximum absolute atomic E-state index is 5.18. The summed E-state index contributed by atoms with van der Waals surface area (Å²) >= 11 is 3.52. The van der Waals surface area contributed by atoms with E-state index >= 15 is 0 Å². The van der Waals surface area contributed by atoms with Crippen molar-refractivity contribution in [1.82, 2.24) is 4.98 Å². The second-order valence-electron chi connectivity index (χ2n) is 4.06. The number of alkyl halides is 1. The molecule has 0 fully saturated rings. The summed E-state index contributed by atoms with van der Waals surface area (Å²) in [6.07, 6.45) is 2.95. The molecular formula is C13H21BrN2O. The Balaban J connectivity index is 2.94. The van der Waals surface area contributed by atoms with E-state index in [1.54, 1.807) is 7.11 Å². The van der Waals surface area contributed by atoms with Crippen molar-refractivity contribution in [3.63, 3.8) is 0 Å². The highest BCUT2D eigenvalue weighted by Gasteiger charge is 2.16. The molecule has 0 amide bonds. The number of methoxy groups -OCH3 is 1. The van der Waals surface area contributed by atoms with E-state index in [0.717, 1.165) is 30.7 Å². The molecule has 0 spiro atoms. The summed E-state index contributed by atoms with van der Waals surface area (Å²) in [6.45, 7) is 6.02. The molecule has 0 aliphatic rings. The van der Waals surface area contributed by atoms with Crippen molar-refractivity contribution < 1.29 is 4.74 Å². The van der Waals surface area contributed by atoms with Gasteiger partial charge in [0.15, 0.2) is 0 Å². The highest BCUT2D eigenvalue weighted by atomic mass is 79.9. The Labute approximate surface area is 112 Å². The molecule has 1 heterocycles. The highest BCUT2D eigenvalue weighted by Crippen LogP contribution is 2.22. The molecule has 0 N–H and O–H groups in total. The third kappa shape index (κ3) is 3.96. The first kappa shape index (κ1) is 14.5. The maximum Gasteiger partial charge on any atom is 0.132 e. The van der Waals surface area contributed by atoms with Crippen molar-refractivity contribution in [1.29, 1.82) is 0 Å². The lowest BCUT2D eigenvalue weighted by atomic mass is 10.2. The van der Waals surface area contributed by atoms with Gasteiger partial charge >= 0.3 is 0 Å². The molecule has 4 heteroatoms. The Bertz CT molecular complexity index is 333. The second-order valence-corrected chi connectivity index (χ2v) is 4.62. The van der Waals surface area contributed by atoms with Gasteiger partial charge in [0.05, 0.1) is 6.61 Å². The van der Waals surface area contributed by atoms with Crippen LogP contribution < -0.4 is 4.90 Å². The molecule has 1 aromatic heterocycles. The second kappa shape index (κ2) is 7.67. The smallest absolute Gasteiger partial charge is 0.132 e. The van der Waals surface area contributed by atoms with E-state index in [1.807, 2.05) is 12.3 Å². The molecule has 0 aliphatic heterocycles. The summed E-state index contributed by atoms with van der Waals surface area (Å²) in [5.74, 6) is 1.07. The van der Waals surface area contributed by atoms with Gasteiger partial charge in [-0.05, 0) is 19.4 Å². The lowest BCUT2D eigenvalue weighted by molar-refractivity contribution is 0.203. The fourth-order valence-corrected chi connectivity index (χ4v) is 2.18. The number of ether oxygens (including phenoxy) is 1.